The highest BCUT2D eigenvalue weighted by Gasteiger charge is 2.30. The molecule has 1 saturated heterocycles. The van der Waals surface area contributed by atoms with E-state index in [2.05, 4.69) is 0 Å². The topological polar surface area (TPSA) is 49.8 Å². The van der Waals surface area contributed by atoms with Crippen molar-refractivity contribution in [1.82, 2.24) is 4.90 Å². The van der Waals surface area contributed by atoms with Gasteiger partial charge in [-0.25, -0.2) is 0 Å². The maximum atomic E-state index is 11.7. The molecule has 1 aliphatic rings. The van der Waals surface area contributed by atoms with Gasteiger partial charge in [-0.1, -0.05) is 6.07 Å². The molecule has 0 spiro atoms. The molecule has 0 saturated carbocycles. The molecule has 100 valence electrons. The number of aliphatic hydroxyl groups excluding tert-OH is 1. The van der Waals surface area contributed by atoms with Gasteiger partial charge in [-0.15, -0.1) is 11.3 Å². The van der Waals surface area contributed by atoms with Crippen LogP contribution in [0.4, 0.5) is 0 Å². The molecule has 4 nitrogen and oxygen atoms in total. The summed E-state index contributed by atoms with van der Waals surface area (Å²) in [6.45, 7) is 0.437. The lowest BCUT2D eigenvalue weighted by atomic mass is 10.2. The van der Waals surface area contributed by atoms with Crippen LogP contribution in [-0.2, 0) is 16.1 Å². The fraction of sp³-hybridized carbons (Fsp3) is 0.615. The SMILES string of the molecule is [2H]C(O)CCN1C(=O)CCC1COCc1cccs1. The molecule has 1 aromatic rings. The van der Waals surface area contributed by atoms with Crippen molar-refractivity contribution >= 4 is 17.2 Å². The summed E-state index contributed by atoms with van der Waals surface area (Å²) in [5.74, 6) is 0.102. The summed E-state index contributed by atoms with van der Waals surface area (Å²) in [6.07, 6.45) is 1.64. The number of amides is 1. The molecule has 1 amide bonds. The van der Waals surface area contributed by atoms with Gasteiger partial charge in [0, 0.05) is 24.4 Å². The van der Waals surface area contributed by atoms with E-state index in [9.17, 15) is 4.79 Å². The zero-order valence-electron chi connectivity index (χ0n) is 11.2. The molecule has 0 aromatic carbocycles. The minimum atomic E-state index is -1.11. The van der Waals surface area contributed by atoms with Gasteiger partial charge < -0.3 is 14.7 Å². The first-order valence-corrected chi connectivity index (χ1v) is 7.04. The number of thiophene rings is 1. The minimum absolute atomic E-state index is 0.0891. The van der Waals surface area contributed by atoms with Crippen LogP contribution in [0.5, 0.6) is 0 Å². The summed E-state index contributed by atoms with van der Waals surface area (Å²) in [5.41, 5.74) is 0. The average molecular weight is 270 g/mol. The Hall–Kier alpha value is -0.910. The van der Waals surface area contributed by atoms with Crippen LogP contribution in [0.2, 0.25) is 0 Å². The van der Waals surface area contributed by atoms with E-state index in [0.717, 1.165) is 6.42 Å². The average Bonchev–Trinajstić information content (AvgIpc) is 2.98. The number of carbonyl (C=O) groups is 1. The fourth-order valence-electron chi connectivity index (χ4n) is 2.16. The lowest BCUT2D eigenvalue weighted by Crippen LogP contribution is -2.37. The number of hydrogen-bond donors (Lipinski definition) is 1. The van der Waals surface area contributed by atoms with E-state index in [1.807, 2.05) is 17.5 Å². The van der Waals surface area contributed by atoms with Crippen molar-refractivity contribution < 1.29 is 16.0 Å². The second kappa shape index (κ2) is 6.87. The van der Waals surface area contributed by atoms with Crippen LogP contribution in [0.1, 0.15) is 25.5 Å². The zero-order valence-corrected chi connectivity index (χ0v) is 11.1. The van der Waals surface area contributed by atoms with Crippen molar-refractivity contribution in [3.05, 3.63) is 22.4 Å². The van der Waals surface area contributed by atoms with Gasteiger partial charge in [0.05, 0.1) is 20.6 Å². The first-order valence-electron chi connectivity index (χ1n) is 6.74. The molecule has 1 aromatic heterocycles. The summed E-state index contributed by atoms with van der Waals surface area (Å²) in [7, 11) is 0. The molecule has 2 unspecified atom stereocenters. The largest absolute Gasteiger partial charge is 0.396 e. The van der Waals surface area contributed by atoms with Crippen molar-refractivity contribution in [3.8, 4) is 0 Å². The molecule has 2 atom stereocenters. The number of hydrogen-bond acceptors (Lipinski definition) is 4. The second-order valence-corrected chi connectivity index (χ2v) is 5.38. The molecule has 18 heavy (non-hydrogen) atoms. The predicted octanol–water partition coefficient (Wildman–Crippen LogP) is 1.64. The minimum Gasteiger partial charge on any atom is -0.396 e. The van der Waals surface area contributed by atoms with Crippen molar-refractivity contribution in [2.24, 2.45) is 0 Å². The molecule has 0 bridgehead atoms. The molecular weight excluding hydrogens is 250 g/mol. The fourth-order valence-corrected chi connectivity index (χ4v) is 2.80. The van der Waals surface area contributed by atoms with E-state index in [-0.39, 0.29) is 11.9 Å². The molecule has 5 heteroatoms. The number of aliphatic hydroxyl groups is 1. The smallest absolute Gasteiger partial charge is 0.222 e. The summed E-state index contributed by atoms with van der Waals surface area (Å²) in [5, 5.41) is 11.0. The standard InChI is InChI=1S/C13H19NO3S/c15-7-2-6-14-11(4-5-13(14)16)9-17-10-12-3-1-8-18-12/h1,3,8,11,15H,2,4-7,9-10H2/i7D. The van der Waals surface area contributed by atoms with Crippen molar-refractivity contribution in [2.75, 3.05) is 19.7 Å². The van der Waals surface area contributed by atoms with Gasteiger partial charge in [-0.3, -0.25) is 4.79 Å². The van der Waals surface area contributed by atoms with Crippen LogP contribution in [-0.4, -0.2) is 41.7 Å². The second-order valence-electron chi connectivity index (χ2n) is 4.35. The zero-order chi connectivity index (χ0) is 13.7. The van der Waals surface area contributed by atoms with Crippen LogP contribution in [0.25, 0.3) is 0 Å². The number of ether oxygens (including phenoxy) is 1. The van der Waals surface area contributed by atoms with E-state index in [4.69, 9.17) is 11.2 Å². The monoisotopic (exact) mass is 270 g/mol. The van der Waals surface area contributed by atoms with Gasteiger partial charge in [-0.2, -0.15) is 0 Å². The highest BCUT2D eigenvalue weighted by Crippen LogP contribution is 2.20. The van der Waals surface area contributed by atoms with Crippen molar-refractivity contribution in [2.45, 2.75) is 31.9 Å². The molecule has 1 N–H and O–H groups in total. The van der Waals surface area contributed by atoms with Crippen LogP contribution < -0.4 is 0 Å². The van der Waals surface area contributed by atoms with E-state index >= 15 is 0 Å². The Morgan fingerprint density at radius 1 is 1.67 bits per heavy atom. The normalized spacial score (nSPS) is 22.3. The Balaban J connectivity index is 1.76. The molecule has 1 fully saturated rings. The number of carbonyl (C=O) groups excluding carboxylic acids is 1. The highest BCUT2D eigenvalue weighted by atomic mass is 32.1. The van der Waals surface area contributed by atoms with Gasteiger partial charge in [-0.05, 0) is 24.3 Å². The summed E-state index contributed by atoms with van der Waals surface area (Å²) in [4.78, 5) is 14.6. The number of rotatable bonds is 7. The number of nitrogens with zero attached hydrogens (tertiary/aromatic N) is 1. The van der Waals surface area contributed by atoms with E-state index in [1.165, 1.54) is 4.88 Å². The molecule has 2 rings (SSSR count). The Labute approximate surface area is 113 Å². The predicted molar refractivity (Wildman–Crippen MR) is 70.4 cm³/mol. The summed E-state index contributed by atoms with van der Waals surface area (Å²) >= 11 is 1.66. The molecule has 1 aliphatic heterocycles. The number of likely N-dealkylation sites (tertiary alicyclic amines) is 1. The van der Waals surface area contributed by atoms with Gasteiger partial charge in [0.2, 0.25) is 5.91 Å². The Bertz CT molecular complexity index is 397. The Morgan fingerprint density at radius 3 is 3.28 bits per heavy atom. The van der Waals surface area contributed by atoms with Gasteiger partial charge in [0.1, 0.15) is 0 Å². The first-order chi connectivity index (χ1) is 9.16. The maximum absolute atomic E-state index is 11.7. The van der Waals surface area contributed by atoms with Crippen LogP contribution in [0.3, 0.4) is 0 Å². The van der Waals surface area contributed by atoms with Gasteiger partial charge >= 0.3 is 0 Å². The third-order valence-corrected chi connectivity index (χ3v) is 3.94. The lowest BCUT2D eigenvalue weighted by Gasteiger charge is -2.24. The quantitative estimate of drug-likeness (QED) is 0.819. The molecular formula is C13H19NO3S. The maximum Gasteiger partial charge on any atom is 0.222 e. The van der Waals surface area contributed by atoms with E-state index in [0.29, 0.717) is 32.6 Å². The lowest BCUT2D eigenvalue weighted by molar-refractivity contribution is -0.129. The van der Waals surface area contributed by atoms with Gasteiger partial charge in [0.25, 0.3) is 0 Å². The van der Waals surface area contributed by atoms with Crippen molar-refractivity contribution in [3.63, 3.8) is 0 Å². The Morgan fingerprint density at radius 2 is 2.56 bits per heavy atom. The first kappa shape index (κ1) is 12.1. The third-order valence-electron chi connectivity index (χ3n) is 3.09. The third kappa shape index (κ3) is 3.54. The van der Waals surface area contributed by atoms with Crippen LogP contribution in [0.15, 0.2) is 17.5 Å². The van der Waals surface area contributed by atoms with Gasteiger partial charge in [0.15, 0.2) is 0 Å². The molecule has 0 aliphatic carbocycles. The summed E-state index contributed by atoms with van der Waals surface area (Å²) < 4.78 is 12.7. The summed E-state index contributed by atoms with van der Waals surface area (Å²) in [6, 6.07) is 4.11. The Kier molecular flexibility index (Phi) is 4.64. The van der Waals surface area contributed by atoms with E-state index in [1.54, 1.807) is 16.2 Å². The van der Waals surface area contributed by atoms with Crippen LogP contribution in [0, 0.1) is 0 Å². The van der Waals surface area contributed by atoms with Crippen molar-refractivity contribution in [1.29, 1.82) is 0 Å². The van der Waals surface area contributed by atoms with Crippen LogP contribution >= 0.6 is 11.3 Å². The molecule has 0 radical (unpaired) electrons. The highest BCUT2D eigenvalue weighted by molar-refractivity contribution is 7.09. The van der Waals surface area contributed by atoms with E-state index < -0.39 is 6.58 Å². The molecule has 2 heterocycles.